The van der Waals surface area contributed by atoms with Crippen molar-refractivity contribution in [2.45, 2.75) is 26.8 Å². The first-order valence-corrected chi connectivity index (χ1v) is 5.49. The summed E-state index contributed by atoms with van der Waals surface area (Å²) in [6, 6.07) is 9.64. The molecule has 0 saturated carbocycles. The summed E-state index contributed by atoms with van der Waals surface area (Å²) in [7, 11) is 0. The summed E-state index contributed by atoms with van der Waals surface area (Å²) in [5.41, 5.74) is 1.03. The molecule has 0 aliphatic rings. The van der Waals surface area contributed by atoms with E-state index in [1.165, 1.54) is 0 Å². The third kappa shape index (κ3) is 3.50. The molecule has 16 heavy (non-hydrogen) atoms. The van der Waals surface area contributed by atoms with Gasteiger partial charge in [-0.2, -0.15) is 0 Å². The molecule has 1 rings (SSSR count). The normalized spacial score (nSPS) is 11.9. The lowest BCUT2D eigenvalue weighted by atomic mass is 10.0. The highest BCUT2D eigenvalue weighted by molar-refractivity contribution is 6.00. The average molecular weight is 219 g/mol. The second-order valence-electron chi connectivity index (χ2n) is 3.74. The molecule has 0 heterocycles. The standard InChI is InChI=1S/C13H17NO2/c1-3-12(15)10(2)13(16)14-9-11-7-5-4-6-8-11/h4-8,10H,3,9H2,1-2H3,(H,14,16). The number of hydrogen-bond donors (Lipinski definition) is 1. The van der Waals surface area contributed by atoms with Crippen LogP contribution in [0.2, 0.25) is 0 Å². The number of rotatable bonds is 5. The summed E-state index contributed by atoms with van der Waals surface area (Å²) < 4.78 is 0. The fourth-order valence-corrected chi connectivity index (χ4v) is 1.39. The van der Waals surface area contributed by atoms with Crippen LogP contribution in [0.4, 0.5) is 0 Å². The molecule has 0 aliphatic carbocycles. The summed E-state index contributed by atoms with van der Waals surface area (Å²) in [5.74, 6) is -0.769. The molecule has 0 fully saturated rings. The first-order chi connectivity index (χ1) is 7.65. The van der Waals surface area contributed by atoms with Gasteiger partial charge in [-0.05, 0) is 12.5 Å². The Bertz CT molecular complexity index is 359. The third-order valence-electron chi connectivity index (χ3n) is 2.53. The third-order valence-corrected chi connectivity index (χ3v) is 2.53. The van der Waals surface area contributed by atoms with E-state index >= 15 is 0 Å². The highest BCUT2D eigenvalue weighted by Gasteiger charge is 2.18. The molecule has 1 aromatic carbocycles. The molecule has 86 valence electrons. The van der Waals surface area contributed by atoms with Crippen LogP contribution in [0.15, 0.2) is 30.3 Å². The van der Waals surface area contributed by atoms with Crippen molar-refractivity contribution in [2.75, 3.05) is 0 Å². The molecule has 3 heteroatoms. The molecule has 0 aromatic heterocycles. The highest BCUT2D eigenvalue weighted by atomic mass is 16.2. The van der Waals surface area contributed by atoms with E-state index in [0.717, 1.165) is 5.56 Å². The fourth-order valence-electron chi connectivity index (χ4n) is 1.39. The Morgan fingerprint density at radius 2 is 1.88 bits per heavy atom. The Labute approximate surface area is 95.9 Å². The molecular formula is C13H17NO2. The van der Waals surface area contributed by atoms with E-state index in [2.05, 4.69) is 5.32 Å². The van der Waals surface area contributed by atoms with Crippen molar-refractivity contribution in [2.24, 2.45) is 5.92 Å². The smallest absolute Gasteiger partial charge is 0.230 e. The average Bonchev–Trinajstić information content (AvgIpc) is 2.35. The summed E-state index contributed by atoms with van der Waals surface area (Å²) >= 11 is 0. The van der Waals surface area contributed by atoms with E-state index in [-0.39, 0.29) is 11.7 Å². The quantitative estimate of drug-likeness (QED) is 0.769. The Morgan fingerprint density at radius 1 is 1.25 bits per heavy atom. The number of amides is 1. The molecule has 1 unspecified atom stereocenters. The first-order valence-electron chi connectivity index (χ1n) is 5.49. The van der Waals surface area contributed by atoms with Gasteiger partial charge in [-0.25, -0.2) is 0 Å². The lowest BCUT2D eigenvalue weighted by Gasteiger charge is -2.10. The first kappa shape index (κ1) is 12.4. The number of carbonyl (C=O) groups excluding carboxylic acids is 2. The largest absolute Gasteiger partial charge is 0.351 e. The van der Waals surface area contributed by atoms with Crippen LogP contribution in [-0.4, -0.2) is 11.7 Å². The molecular weight excluding hydrogens is 202 g/mol. The topological polar surface area (TPSA) is 46.2 Å². The SMILES string of the molecule is CCC(=O)C(C)C(=O)NCc1ccccc1. The lowest BCUT2D eigenvalue weighted by molar-refractivity contribution is -0.133. The molecule has 1 N–H and O–H groups in total. The minimum Gasteiger partial charge on any atom is -0.351 e. The highest BCUT2D eigenvalue weighted by Crippen LogP contribution is 2.02. The maximum Gasteiger partial charge on any atom is 0.230 e. The minimum absolute atomic E-state index is 0.0226. The van der Waals surface area contributed by atoms with E-state index in [0.29, 0.717) is 13.0 Å². The van der Waals surface area contributed by atoms with Gasteiger partial charge in [-0.1, -0.05) is 37.3 Å². The summed E-state index contributed by atoms with van der Waals surface area (Å²) in [5, 5.41) is 2.75. The van der Waals surface area contributed by atoms with Crippen molar-refractivity contribution >= 4 is 11.7 Å². The summed E-state index contributed by atoms with van der Waals surface area (Å²) in [4.78, 5) is 22.9. The van der Waals surface area contributed by atoms with Crippen LogP contribution in [0.5, 0.6) is 0 Å². The van der Waals surface area contributed by atoms with Crippen LogP contribution in [0.1, 0.15) is 25.8 Å². The van der Waals surface area contributed by atoms with Gasteiger partial charge >= 0.3 is 0 Å². The van der Waals surface area contributed by atoms with Crippen molar-refractivity contribution in [3.05, 3.63) is 35.9 Å². The zero-order chi connectivity index (χ0) is 12.0. The van der Waals surface area contributed by atoms with Crippen molar-refractivity contribution in [1.29, 1.82) is 0 Å². The molecule has 0 aliphatic heterocycles. The van der Waals surface area contributed by atoms with Gasteiger partial charge < -0.3 is 5.32 Å². The van der Waals surface area contributed by atoms with Crippen molar-refractivity contribution in [3.63, 3.8) is 0 Å². The number of benzene rings is 1. The molecule has 3 nitrogen and oxygen atoms in total. The van der Waals surface area contributed by atoms with Gasteiger partial charge in [0, 0.05) is 13.0 Å². The van der Waals surface area contributed by atoms with Crippen LogP contribution < -0.4 is 5.32 Å². The number of ketones is 1. The Balaban J connectivity index is 2.44. The Morgan fingerprint density at radius 3 is 2.44 bits per heavy atom. The van der Waals surface area contributed by atoms with Crippen LogP contribution in [0, 0.1) is 5.92 Å². The van der Waals surface area contributed by atoms with Crippen LogP contribution >= 0.6 is 0 Å². The van der Waals surface area contributed by atoms with Gasteiger partial charge in [-0.15, -0.1) is 0 Å². The van der Waals surface area contributed by atoms with Crippen LogP contribution in [0.25, 0.3) is 0 Å². The van der Waals surface area contributed by atoms with Crippen molar-refractivity contribution in [1.82, 2.24) is 5.32 Å². The van der Waals surface area contributed by atoms with E-state index in [9.17, 15) is 9.59 Å². The van der Waals surface area contributed by atoms with Crippen molar-refractivity contribution in [3.8, 4) is 0 Å². The number of Topliss-reactive ketones (excluding diaryl/α,β-unsaturated/α-hetero) is 1. The van der Waals surface area contributed by atoms with Gasteiger partial charge in [0.15, 0.2) is 0 Å². The van der Waals surface area contributed by atoms with Gasteiger partial charge in [-0.3, -0.25) is 9.59 Å². The van der Waals surface area contributed by atoms with Gasteiger partial charge in [0.1, 0.15) is 5.78 Å². The molecule has 1 atom stereocenters. The van der Waals surface area contributed by atoms with E-state index < -0.39 is 5.92 Å². The van der Waals surface area contributed by atoms with E-state index in [1.807, 2.05) is 30.3 Å². The molecule has 1 amide bonds. The molecule has 0 bridgehead atoms. The monoisotopic (exact) mass is 219 g/mol. The fraction of sp³-hybridized carbons (Fsp3) is 0.385. The zero-order valence-electron chi connectivity index (χ0n) is 9.69. The van der Waals surface area contributed by atoms with Gasteiger partial charge in [0.25, 0.3) is 0 Å². The van der Waals surface area contributed by atoms with Crippen LogP contribution in [0.3, 0.4) is 0 Å². The number of carbonyl (C=O) groups is 2. The lowest BCUT2D eigenvalue weighted by Crippen LogP contribution is -2.32. The predicted molar refractivity (Wildman–Crippen MR) is 62.8 cm³/mol. The predicted octanol–water partition coefficient (Wildman–Crippen LogP) is 1.92. The Hall–Kier alpha value is -1.64. The number of nitrogens with one attached hydrogen (secondary N) is 1. The van der Waals surface area contributed by atoms with Crippen LogP contribution in [-0.2, 0) is 16.1 Å². The van der Waals surface area contributed by atoms with E-state index in [1.54, 1.807) is 13.8 Å². The maximum atomic E-state index is 11.6. The van der Waals surface area contributed by atoms with E-state index in [4.69, 9.17) is 0 Å². The Kier molecular flexibility index (Phi) is 4.70. The summed E-state index contributed by atoms with van der Waals surface area (Å²) in [6.45, 7) is 3.89. The second kappa shape index (κ2) is 6.05. The molecule has 0 saturated heterocycles. The molecule has 1 aromatic rings. The second-order valence-corrected chi connectivity index (χ2v) is 3.74. The van der Waals surface area contributed by atoms with Crippen molar-refractivity contribution < 1.29 is 9.59 Å². The minimum atomic E-state index is -0.547. The molecule has 0 radical (unpaired) electrons. The van der Waals surface area contributed by atoms with Gasteiger partial charge in [0.05, 0.1) is 5.92 Å². The maximum absolute atomic E-state index is 11.6. The number of hydrogen-bond acceptors (Lipinski definition) is 2. The summed E-state index contributed by atoms with van der Waals surface area (Å²) in [6.07, 6.45) is 0.403. The van der Waals surface area contributed by atoms with Gasteiger partial charge in [0.2, 0.25) is 5.91 Å². The molecule has 0 spiro atoms. The zero-order valence-corrected chi connectivity index (χ0v) is 9.69.